The Morgan fingerprint density at radius 2 is 1.61 bits per heavy atom. The largest absolute Gasteiger partial charge is 0.381 e. The molecule has 3 unspecified atom stereocenters. The minimum absolute atomic E-state index is 0.560. The first-order chi connectivity index (χ1) is 8.69. The number of hydrogen-bond acceptors (Lipinski definition) is 2. The van der Waals surface area contributed by atoms with E-state index in [1.165, 1.54) is 51.4 Å². The van der Waals surface area contributed by atoms with Crippen LogP contribution in [-0.2, 0) is 9.47 Å². The van der Waals surface area contributed by atoms with Gasteiger partial charge >= 0.3 is 0 Å². The van der Waals surface area contributed by atoms with Gasteiger partial charge in [-0.3, -0.25) is 0 Å². The first-order valence-electron chi connectivity index (χ1n) is 7.96. The number of hydrogen-bond donors (Lipinski definition) is 0. The molecule has 2 nitrogen and oxygen atoms in total. The van der Waals surface area contributed by atoms with Crippen molar-refractivity contribution in [2.75, 3.05) is 6.61 Å². The molecule has 0 aromatic carbocycles. The van der Waals surface area contributed by atoms with Crippen molar-refractivity contribution in [3.8, 4) is 0 Å². The van der Waals surface area contributed by atoms with Crippen molar-refractivity contribution in [2.45, 2.75) is 82.0 Å². The Morgan fingerprint density at radius 1 is 0.889 bits per heavy atom. The lowest BCUT2D eigenvalue weighted by Crippen LogP contribution is -2.51. The highest BCUT2D eigenvalue weighted by Crippen LogP contribution is 2.44. The summed E-state index contributed by atoms with van der Waals surface area (Å²) >= 11 is 0. The summed E-state index contributed by atoms with van der Waals surface area (Å²) in [7, 11) is -1.36. The van der Waals surface area contributed by atoms with E-state index in [1.54, 1.807) is 0 Å². The highest BCUT2D eigenvalue weighted by Gasteiger charge is 2.57. The highest BCUT2D eigenvalue weighted by atomic mass is 28.3. The Hall–Kier alpha value is 0.137. The molecular formula is C15H28O2Si. The summed E-state index contributed by atoms with van der Waals surface area (Å²) in [5.74, 6) is 0.874. The third-order valence-corrected chi connectivity index (χ3v) is 9.43. The summed E-state index contributed by atoms with van der Waals surface area (Å²) in [5, 5.41) is 0. The standard InChI is InChI=1S/C15H28O2Si/c1-18(2,13-10-6-7-11-16-13)15-14(17-15)12-8-4-3-5-9-12/h12-15H,3-11H2,1-2H3. The van der Waals surface area contributed by atoms with E-state index in [4.69, 9.17) is 9.47 Å². The fourth-order valence-electron chi connectivity index (χ4n) is 4.05. The topological polar surface area (TPSA) is 21.8 Å². The Bertz CT molecular complexity index is 280. The van der Waals surface area contributed by atoms with E-state index < -0.39 is 8.07 Å². The normalized spacial score (nSPS) is 38.7. The third kappa shape index (κ3) is 2.54. The molecule has 104 valence electrons. The number of ether oxygens (including phenoxy) is 2. The lowest BCUT2D eigenvalue weighted by molar-refractivity contribution is 0.0587. The smallest absolute Gasteiger partial charge is 0.118 e. The van der Waals surface area contributed by atoms with Crippen molar-refractivity contribution in [3.63, 3.8) is 0 Å². The minimum atomic E-state index is -1.36. The fourth-order valence-corrected chi connectivity index (χ4v) is 7.54. The van der Waals surface area contributed by atoms with Gasteiger partial charge in [-0.2, -0.15) is 0 Å². The van der Waals surface area contributed by atoms with E-state index in [0.717, 1.165) is 12.5 Å². The van der Waals surface area contributed by atoms with E-state index in [1.807, 2.05) is 0 Å². The van der Waals surface area contributed by atoms with Gasteiger partial charge in [0.25, 0.3) is 0 Å². The fraction of sp³-hybridized carbons (Fsp3) is 1.00. The maximum absolute atomic E-state index is 6.16. The summed E-state index contributed by atoms with van der Waals surface area (Å²) in [4.78, 5) is 0. The second-order valence-electron chi connectivity index (χ2n) is 7.10. The monoisotopic (exact) mass is 268 g/mol. The molecule has 0 amide bonds. The van der Waals surface area contributed by atoms with Crippen LogP contribution in [0.5, 0.6) is 0 Å². The third-order valence-electron chi connectivity index (χ3n) is 5.38. The van der Waals surface area contributed by atoms with Gasteiger partial charge in [0.15, 0.2) is 0 Å². The van der Waals surface area contributed by atoms with Crippen LogP contribution in [-0.4, -0.2) is 32.2 Å². The Morgan fingerprint density at radius 3 is 2.28 bits per heavy atom. The van der Waals surface area contributed by atoms with Crippen LogP contribution in [0.4, 0.5) is 0 Å². The molecule has 0 radical (unpaired) electrons. The summed E-state index contributed by atoms with van der Waals surface area (Å²) in [6.07, 6.45) is 11.7. The van der Waals surface area contributed by atoms with E-state index in [2.05, 4.69) is 13.1 Å². The summed E-state index contributed by atoms with van der Waals surface area (Å²) in [6.45, 7) is 5.98. The molecule has 0 aromatic rings. The van der Waals surface area contributed by atoms with E-state index in [9.17, 15) is 0 Å². The average molecular weight is 268 g/mol. The van der Waals surface area contributed by atoms with Crippen LogP contribution in [0.15, 0.2) is 0 Å². The van der Waals surface area contributed by atoms with Crippen LogP contribution < -0.4 is 0 Å². The molecule has 1 aliphatic carbocycles. The zero-order valence-electron chi connectivity index (χ0n) is 12.0. The van der Waals surface area contributed by atoms with Crippen LogP contribution >= 0.6 is 0 Å². The van der Waals surface area contributed by atoms with Gasteiger partial charge in [0.05, 0.1) is 17.6 Å². The Labute approximate surface area is 112 Å². The van der Waals surface area contributed by atoms with Gasteiger partial charge in [0.1, 0.15) is 8.07 Å². The predicted octanol–water partition coefficient (Wildman–Crippen LogP) is 3.69. The van der Waals surface area contributed by atoms with Crippen LogP contribution in [0.3, 0.4) is 0 Å². The number of epoxide rings is 1. The maximum atomic E-state index is 6.16. The molecule has 18 heavy (non-hydrogen) atoms. The molecule has 3 heteroatoms. The van der Waals surface area contributed by atoms with Gasteiger partial charge in [-0.1, -0.05) is 32.4 Å². The number of rotatable bonds is 3. The van der Waals surface area contributed by atoms with Gasteiger partial charge in [0, 0.05) is 6.61 Å². The molecule has 0 aromatic heterocycles. The van der Waals surface area contributed by atoms with Crippen molar-refractivity contribution in [3.05, 3.63) is 0 Å². The van der Waals surface area contributed by atoms with E-state index >= 15 is 0 Å². The van der Waals surface area contributed by atoms with Crippen molar-refractivity contribution in [1.29, 1.82) is 0 Å². The first-order valence-corrected chi connectivity index (χ1v) is 11.1. The molecule has 3 fully saturated rings. The van der Waals surface area contributed by atoms with Crippen molar-refractivity contribution in [1.82, 2.24) is 0 Å². The zero-order chi connectivity index (χ0) is 12.6. The molecule has 3 aliphatic rings. The SMILES string of the molecule is C[Si](C)(C1CCCCO1)C1OC1C1CCCCC1. The molecule has 2 heterocycles. The molecule has 0 spiro atoms. The molecule has 2 aliphatic heterocycles. The van der Waals surface area contributed by atoms with Crippen LogP contribution in [0.25, 0.3) is 0 Å². The first kappa shape index (κ1) is 13.1. The van der Waals surface area contributed by atoms with Crippen LogP contribution in [0, 0.1) is 5.92 Å². The molecule has 3 rings (SSSR count). The second-order valence-corrected chi connectivity index (χ2v) is 12.0. The van der Waals surface area contributed by atoms with Gasteiger partial charge < -0.3 is 9.47 Å². The Kier molecular flexibility index (Phi) is 3.84. The van der Waals surface area contributed by atoms with Gasteiger partial charge in [0.2, 0.25) is 0 Å². The summed E-state index contributed by atoms with van der Waals surface area (Å²) < 4.78 is 12.2. The lowest BCUT2D eigenvalue weighted by Gasteiger charge is -2.34. The summed E-state index contributed by atoms with van der Waals surface area (Å²) in [5.41, 5.74) is 1.16. The molecule has 1 saturated carbocycles. The van der Waals surface area contributed by atoms with Crippen LogP contribution in [0.1, 0.15) is 51.4 Å². The van der Waals surface area contributed by atoms with Crippen molar-refractivity contribution >= 4 is 8.07 Å². The average Bonchev–Trinajstić information content (AvgIpc) is 3.22. The zero-order valence-corrected chi connectivity index (χ0v) is 13.0. The van der Waals surface area contributed by atoms with E-state index in [-0.39, 0.29) is 0 Å². The quantitative estimate of drug-likeness (QED) is 0.575. The molecular weight excluding hydrogens is 240 g/mol. The van der Waals surface area contributed by atoms with Gasteiger partial charge in [-0.05, 0) is 38.0 Å². The highest BCUT2D eigenvalue weighted by molar-refractivity contribution is 6.80. The second kappa shape index (κ2) is 5.26. The predicted molar refractivity (Wildman–Crippen MR) is 76.3 cm³/mol. The molecule has 3 atom stereocenters. The molecule has 0 N–H and O–H groups in total. The summed E-state index contributed by atoms with van der Waals surface area (Å²) in [6, 6.07) is 0. The lowest BCUT2D eigenvalue weighted by atomic mass is 9.87. The van der Waals surface area contributed by atoms with E-state index in [0.29, 0.717) is 17.6 Å². The molecule has 2 saturated heterocycles. The maximum Gasteiger partial charge on any atom is 0.118 e. The molecule has 0 bridgehead atoms. The van der Waals surface area contributed by atoms with Crippen molar-refractivity contribution in [2.24, 2.45) is 5.92 Å². The van der Waals surface area contributed by atoms with Gasteiger partial charge in [-0.25, -0.2) is 0 Å². The minimum Gasteiger partial charge on any atom is -0.381 e. The van der Waals surface area contributed by atoms with Crippen molar-refractivity contribution < 1.29 is 9.47 Å². The van der Waals surface area contributed by atoms with Gasteiger partial charge in [-0.15, -0.1) is 0 Å². The van der Waals surface area contributed by atoms with Crippen LogP contribution in [0.2, 0.25) is 13.1 Å². The Balaban J connectivity index is 1.57.